The van der Waals surface area contributed by atoms with Crippen LogP contribution in [0.5, 0.6) is 0 Å². The lowest BCUT2D eigenvalue weighted by Gasteiger charge is -2.34. The van der Waals surface area contributed by atoms with Gasteiger partial charge in [-0.05, 0) is 133 Å². The fourth-order valence-corrected chi connectivity index (χ4v) is 10.2. The lowest BCUT2D eigenvalue weighted by Crippen LogP contribution is -2.28. The summed E-state index contributed by atoms with van der Waals surface area (Å²) in [5.41, 5.74) is 21.5. The van der Waals surface area contributed by atoms with Gasteiger partial charge in [-0.3, -0.25) is 0 Å². The molecule has 2 aliphatic rings. The van der Waals surface area contributed by atoms with Crippen LogP contribution < -0.4 is 0 Å². The Morgan fingerprint density at radius 2 is 0.842 bits per heavy atom. The molecule has 0 saturated carbocycles. The van der Waals surface area contributed by atoms with Gasteiger partial charge in [0.05, 0.1) is 16.4 Å². The standard InChI is InChI=1S/C56H37N/c1-4-14-43(15-5-1)56(44-16-6-2-7-17-44)52-22-12-10-20-46(52)47-30-28-40(36-53(47)56)38-25-27-42-32-41-26-24-37(33-49(41)50(42)34-38)39-29-31-55-51(35-39)48-21-11-13-23-54(48)57(55)45-18-8-3-9-19-45/h1-31,33-36H,32H2. The van der Waals surface area contributed by atoms with Crippen molar-refractivity contribution in [1.82, 2.24) is 4.57 Å². The van der Waals surface area contributed by atoms with Crippen molar-refractivity contribution in [2.75, 3.05) is 0 Å². The minimum Gasteiger partial charge on any atom is -0.309 e. The van der Waals surface area contributed by atoms with Crippen LogP contribution in [0.25, 0.3) is 72.0 Å². The predicted octanol–water partition coefficient (Wildman–Crippen LogP) is 14.1. The zero-order valence-corrected chi connectivity index (χ0v) is 31.4. The van der Waals surface area contributed by atoms with Gasteiger partial charge in [-0.25, -0.2) is 0 Å². The van der Waals surface area contributed by atoms with Crippen molar-refractivity contribution in [2.45, 2.75) is 11.8 Å². The molecule has 0 bridgehead atoms. The van der Waals surface area contributed by atoms with E-state index in [1.807, 2.05) is 0 Å². The molecule has 1 heterocycles. The van der Waals surface area contributed by atoms with Crippen LogP contribution in [0.15, 0.2) is 212 Å². The van der Waals surface area contributed by atoms with Gasteiger partial charge in [0, 0.05) is 16.5 Å². The Labute approximate surface area is 332 Å². The second-order valence-electron chi connectivity index (χ2n) is 15.6. The van der Waals surface area contributed by atoms with Gasteiger partial charge in [-0.1, -0.05) is 164 Å². The Balaban J connectivity index is 0.980. The molecule has 1 aromatic heterocycles. The number of para-hydroxylation sites is 2. The molecule has 0 radical (unpaired) electrons. The molecule has 0 fully saturated rings. The zero-order valence-electron chi connectivity index (χ0n) is 31.4. The smallest absolute Gasteiger partial charge is 0.0713 e. The van der Waals surface area contributed by atoms with E-state index in [1.54, 1.807) is 0 Å². The van der Waals surface area contributed by atoms with Crippen LogP contribution in [-0.4, -0.2) is 4.57 Å². The molecule has 12 rings (SSSR count). The van der Waals surface area contributed by atoms with E-state index in [4.69, 9.17) is 0 Å². The maximum absolute atomic E-state index is 2.48. The van der Waals surface area contributed by atoms with Gasteiger partial charge < -0.3 is 4.57 Å². The highest BCUT2D eigenvalue weighted by Crippen LogP contribution is 2.57. The molecule has 0 spiro atoms. The largest absolute Gasteiger partial charge is 0.309 e. The highest BCUT2D eigenvalue weighted by atomic mass is 15.0. The number of hydrogen-bond acceptors (Lipinski definition) is 0. The van der Waals surface area contributed by atoms with Crippen molar-refractivity contribution in [1.29, 1.82) is 0 Å². The number of hydrogen-bond donors (Lipinski definition) is 0. The molecule has 0 aliphatic heterocycles. The lowest BCUT2D eigenvalue weighted by molar-refractivity contribution is 0.769. The third-order valence-corrected chi connectivity index (χ3v) is 12.7. The minimum absolute atomic E-state index is 0.419. The first-order chi connectivity index (χ1) is 28.3. The van der Waals surface area contributed by atoms with E-state index in [0.717, 1.165) is 6.42 Å². The number of benzene rings is 9. The van der Waals surface area contributed by atoms with Crippen molar-refractivity contribution in [3.63, 3.8) is 0 Å². The maximum Gasteiger partial charge on any atom is 0.0713 e. The molecule has 0 amide bonds. The molecule has 57 heavy (non-hydrogen) atoms. The summed E-state index contributed by atoms with van der Waals surface area (Å²) >= 11 is 0. The first kappa shape index (κ1) is 32.1. The average molecular weight is 724 g/mol. The molecular weight excluding hydrogens is 687 g/mol. The number of fused-ring (bicyclic) bond motifs is 9. The molecule has 266 valence electrons. The number of rotatable bonds is 5. The predicted molar refractivity (Wildman–Crippen MR) is 237 cm³/mol. The molecule has 1 heteroatoms. The third-order valence-electron chi connectivity index (χ3n) is 12.7. The maximum atomic E-state index is 2.48. The Hall–Kier alpha value is -7.22. The normalized spacial score (nSPS) is 13.3. The van der Waals surface area contributed by atoms with Crippen LogP contribution in [0.1, 0.15) is 33.4 Å². The molecule has 0 N–H and O–H groups in total. The van der Waals surface area contributed by atoms with Gasteiger partial charge in [0.2, 0.25) is 0 Å². The van der Waals surface area contributed by atoms with Crippen LogP contribution in [0.3, 0.4) is 0 Å². The van der Waals surface area contributed by atoms with Gasteiger partial charge in [0.1, 0.15) is 0 Å². The van der Waals surface area contributed by atoms with Crippen molar-refractivity contribution in [3.8, 4) is 50.2 Å². The van der Waals surface area contributed by atoms with Gasteiger partial charge in [0.15, 0.2) is 0 Å². The van der Waals surface area contributed by atoms with Gasteiger partial charge in [0.25, 0.3) is 0 Å². The molecule has 10 aromatic rings. The van der Waals surface area contributed by atoms with Gasteiger partial charge in [-0.15, -0.1) is 0 Å². The van der Waals surface area contributed by atoms with Crippen molar-refractivity contribution < 1.29 is 0 Å². The van der Waals surface area contributed by atoms with Crippen LogP contribution in [0.4, 0.5) is 0 Å². The quantitative estimate of drug-likeness (QED) is 0.167. The van der Waals surface area contributed by atoms with E-state index in [9.17, 15) is 0 Å². The summed E-state index contributed by atoms with van der Waals surface area (Å²) in [4.78, 5) is 0. The third kappa shape index (κ3) is 4.70. The highest BCUT2D eigenvalue weighted by molar-refractivity contribution is 6.10. The van der Waals surface area contributed by atoms with Crippen molar-refractivity contribution in [2.24, 2.45) is 0 Å². The van der Waals surface area contributed by atoms with Crippen molar-refractivity contribution in [3.05, 3.63) is 246 Å². The Kier molecular flexibility index (Phi) is 6.97. The molecule has 0 unspecified atom stereocenters. The highest BCUT2D eigenvalue weighted by Gasteiger charge is 2.46. The summed E-state index contributed by atoms with van der Waals surface area (Å²) in [5.74, 6) is 0. The monoisotopic (exact) mass is 723 g/mol. The average Bonchev–Trinajstić information content (AvgIpc) is 3.92. The van der Waals surface area contributed by atoms with Crippen LogP contribution >= 0.6 is 0 Å². The summed E-state index contributed by atoms with van der Waals surface area (Å²) in [7, 11) is 0. The Morgan fingerprint density at radius 3 is 1.54 bits per heavy atom. The Bertz CT molecular complexity index is 3150. The first-order valence-electron chi connectivity index (χ1n) is 20.0. The SMILES string of the molecule is c1ccc(-n2c3ccccc3c3cc(-c4ccc5c(c4)-c4cc(-c6ccc7c(c6)C(c6ccccc6)(c6ccccc6)c6ccccc6-7)ccc4C5)ccc32)cc1. The molecule has 1 nitrogen and oxygen atoms in total. The Morgan fingerprint density at radius 1 is 0.333 bits per heavy atom. The zero-order chi connectivity index (χ0) is 37.5. The van der Waals surface area contributed by atoms with Crippen LogP contribution in [-0.2, 0) is 11.8 Å². The van der Waals surface area contributed by atoms with Crippen LogP contribution in [0, 0.1) is 0 Å². The first-order valence-corrected chi connectivity index (χ1v) is 20.0. The van der Waals surface area contributed by atoms with E-state index < -0.39 is 5.41 Å². The molecule has 0 atom stereocenters. The summed E-state index contributed by atoms with van der Waals surface area (Å²) in [6, 6.07) is 79.0. The lowest BCUT2D eigenvalue weighted by atomic mass is 9.67. The summed E-state index contributed by atoms with van der Waals surface area (Å²) in [6.07, 6.45) is 0.958. The van der Waals surface area contributed by atoms with Crippen molar-refractivity contribution >= 4 is 21.8 Å². The van der Waals surface area contributed by atoms with Crippen LogP contribution in [0.2, 0.25) is 0 Å². The van der Waals surface area contributed by atoms with Gasteiger partial charge >= 0.3 is 0 Å². The van der Waals surface area contributed by atoms with E-state index in [1.165, 1.54) is 105 Å². The second-order valence-corrected chi connectivity index (χ2v) is 15.6. The molecule has 2 aliphatic carbocycles. The summed E-state index contributed by atoms with van der Waals surface area (Å²) in [6.45, 7) is 0. The van der Waals surface area contributed by atoms with E-state index >= 15 is 0 Å². The van der Waals surface area contributed by atoms with Gasteiger partial charge in [-0.2, -0.15) is 0 Å². The van der Waals surface area contributed by atoms with E-state index in [2.05, 4.69) is 217 Å². The summed E-state index contributed by atoms with van der Waals surface area (Å²) < 4.78 is 2.39. The molecular formula is C56H37N. The molecule has 0 saturated heterocycles. The number of aromatic nitrogens is 1. The fourth-order valence-electron chi connectivity index (χ4n) is 10.2. The van der Waals surface area contributed by atoms with E-state index in [-0.39, 0.29) is 0 Å². The number of nitrogens with zero attached hydrogens (tertiary/aromatic N) is 1. The van der Waals surface area contributed by atoms with E-state index in [0.29, 0.717) is 0 Å². The fraction of sp³-hybridized carbons (Fsp3) is 0.0357. The topological polar surface area (TPSA) is 4.93 Å². The molecule has 9 aromatic carbocycles. The second kappa shape index (κ2) is 12.4. The minimum atomic E-state index is -0.419. The summed E-state index contributed by atoms with van der Waals surface area (Å²) in [5, 5.41) is 2.55.